The normalized spacial score (nSPS) is 21.8. The summed E-state index contributed by atoms with van der Waals surface area (Å²) in [4.78, 5) is 33.9. The molecule has 0 spiro atoms. The van der Waals surface area contributed by atoms with E-state index in [1.807, 2.05) is 31.7 Å². The molecule has 162 valence electrons. The molecule has 3 rings (SSSR count). The topological polar surface area (TPSA) is 109 Å². The SMILES string of the molecule is CC(C)NC(=O)N1CC2CCC(C1)N2CC(C)N(Oc1ccc(C#N)cc1)C(=O)O. The second-order valence-corrected chi connectivity index (χ2v) is 8.28. The van der Waals surface area contributed by atoms with Gasteiger partial charge in [-0.05, 0) is 57.9 Å². The molecule has 2 aliphatic rings. The number of hydroxylamine groups is 2. The van der Waals surface area contributed by atoms with Crippen molar-refractivity contribution in [1.82, 2.24) is 20.2 Å². The molecule has 1 aromatic carbocycles. The van der Waals surface area contributed by atoms with E-state index in [-0.39, 0.29) is 24.2 Å². The molecule has 3 amide bonds. The van der Waals surface area contributed by atoms with Gasteiger partial charge in [-0.15, -0.1) is 5.06 Å². The van der Waals surface area contributed by atoms with Crippen LogP contribution in [0.15, 0.2) is 24.3 Å². The van der Waals surface area contributed by atoms with Crippen molar-refractivity contribution in [3.05, 3.63) is 29.8 Å². The highest BCUT2D eigenvalue weighted by atomic mass is 16.7. The molecule has 2 saturated heterocycles. The molecule has 9 nitrogen and oxygen atoms in total. The van der Waals surface area contributed by atoms with Gasteiger partial charge in [-0.3, -0.25) is 4.90 Å². The molecule has 1 aromatic rings. The first-order valence-electron chi connectivity index (χ1n) is 10.3. The minimum absolute atomic E-state index is 0.0362. The zero-order valence-electron chi connectivity index (χ0n) is 17.6. The number of nitrogens with zero attached hydrogens (tertiary/aromatic N) is 4. The average molecular weight is 415 g/mol. The number of benzene rings is 1. The maximum Gasteiger partial charge on any atom is 0.441 e. The molecular formula is C21H29N5O4. The fraction of sp³-hybridized carbons (Fsp3) is 0.571. The van der Waals surface area contributed by atoms with Crippen LogP contribution in [0.4, 0.5) is 9.59 Å². The van der Waals surface area contributed by atoms with Gasteiger partial charge in [0, 0.05) is 37.8 Å². The molecular weight excluding hydrogens is 386 g/mol. The fourth-order valence-electron chi connectivity index (χ4n) is 4.19. The Labute approximate surface area is 176 Å². The van der Waals surface area contributed by atoms with Crippen LogP contribution in [0.1, 0.15) is 39.2 Å². The van der Waals surface area contributed by atoms with Gasteiger partial charge in [0.25, 0.3) is 0 Å². The van der Waals surface area contributed by atoms with Crippen LogP contribution in [0.25, 0.3) is 0 Å². The molecule has 3 unspecified atom stereocenters. The maximum atomic E-state index is 12.4. The predicted molar refractivity (Wildman–Crippen MR) is 110 cm³/mol. The van der Waals surface area contributed by atoms with E-state index in [4.69, 9.17) is 10.1 Å². The van der Waals surface area contributed by atoms with E-state index >= 15 is 0 Å². The number of piperazine rings is 1. The quantitative estimate of drug-likeness (QED) is 0.691. The van der Waals surface area contributed by atoms with Crippen LogP contribution < -0.4 is 10.2 Å². The first kappa shape index (κ1) is 21.7. The summed E-state index contributed by atoms with van der Waals surface area (Å²) in [7, 11) is 0. The van der Waals surface area contributed by atoms with Crippen molar-refractivity contribution < 1.29 is 19.5 Å². The number of nitriles is 1. The van der Waals surface area contributed by atoms with Crippen LogP contribution in [0.3, 0.4) is 0 Å². The van der Waals surface area contributed by atoms with Crippen molar-refractivity contribution in [3.63, 3.8) is 0 Å². The zero-order chi connectivity index (χ0) is 21.8. The van der Waals surface area contributed by atoms with Crippen LogP contribution in [0.5, 0.6) is 5.75 Å². The van der Waals surface area contributed by atoms with Crippen LogP contribution >= 0.6 is 0 Å². The maximum absolute atomic E-state index is 12.4. The first-order chi connectivity index (χ1) is 14.3. The van der Waals surface area contributed by atoms with Gasteiger partial charge in [-0.2, -0.15) is 5.26 Å². The Bertz CT molecular complexity index is 793. The van der Waals surface area contributed by atoms with E-state index in [0.29, 0.717) is 30.9 Å². The molecule has 3 atom stereocenters. The van der Waals surface area contributed by atoms with Crippen molar-refractivity contribution in [2.45, 2.75) is 57.8 Å². The summed E-state index contributed by atoms with van der Waals surface area (Å²) >= 11 is 0. The zero-order valence-corrected chi connectivity index (χ0v) is 17.6. The molecule has 0 saturated carbocycles. The minimum atomic E-state index is -1.17. The number of amides is 3. The summed E-state index contributed by atoms with van der Waals surface area (Å²) in [6, 6.07) is 8.44. The summed E-state index contributed by atoms with van der Waals surface area (Å²) in [6.45, 7) is 7.51. The van der Waals surface area contributed by atoms with Crippen molar-refractivity contribution in [2.24, 2.45) is 0 Å². The highest BCUT2D eigenvalue weighted by Crippen LogP contribution is 2.31. The number of carboxylic acid groups (broad SMARTS) is 1. The van der Waals surface area contributed by atoms with Gasteiger partial charge in [-0.25, -0.2) is 9.59 Å². The molecule has 0 aliphatic carbocycles. The van der Waals surface area contributed by atoms with Crippen molar-refractivity contribution in [1.29, 1.82) is 5.26 Å². The number of hydrogen-bond acceptors (Lipinski definition) is 5. The van der Waals surface area contributed by atoms with Gasteiger partial charge in [0.15, 0.2) is 5.75 Å². The third-order valence-corrected chi connectivity index (χ3v) is 5.58. The highest BCUT2D eigenvalue weighted by Gasteiger charge is 2.42. The van der Waals surface area contributed by atoms with Gasteiger partial charge in [0.05, 0.1) is 17.7 Å². The second-order valence-electron chi connectivity index (χ2n) is 8.28. The van der Waals surface area contributed by atoms with E-state index in [9.17, 15) is 14.7 Å². The summed E-state index contributed by atoms with van der Waals surface area (Å²) in [5, 5.41) is 22.4. The van der Waals surface area contributed by atoms with Gasteiger partial charge in [0.2, 0.25) is 0 Å². The molecule has 2 aliphatic heterocycles. The molecule has 2 fully saturated rings. The Hall–Kier alpha value is -2.99. The number of rotatable bonds is 6. The lowest BCUT2D eigenvalue weighted by Crippen LogP contribution is -2.60. The Morgan fingerprint density at radius 2 is 1.83 bits per heavy atom. The third kappa shape index (κ3) is 4.94. The molecule has 9 heteroatoms. The molecule has 2 N–H and O–H groups in total. The van der Waals surface area contributed by atoms with Crippen LogP contribution in [-0.2, 0) is 0 Å². The van der Waals surface area contributed by atoms with E-state index in [2.05, 4.69) is 10.2 Å². The first-order valence-corrected chi connectivity index (χ1v) is 10.3. The second kappa shape index (κ2) is 9.22. The number of hydrogen-bond donors (Lipinski definition) is 2. The van der Waals surface area contributed by atoms with E-state index in [1.54, 1.807) is 24.3 Å². The Morgan fingerprint density at radius 3 is 2.33 bits per heavy atom. The Morgan fingerprint density at radius 1 is 1.23 bits per heavy atom. The van der Waals surface area contributed by atoms with Crippen molar-refractivity contribution in [2.75, 3.05) is 19.6 Å². The molecule has 0 aromatic heterocycles. The lowest BCUT2D eigenvalue weighted by molar-refractivity contribution is -0.0770. The van der Waals surface area contributed by atoms with Crippen LogP contribution in [0.2, 0.25) is 0 Å². The largest absolute Gasteiger partial charge is 0.463 e. The fourth-order valence-corrected chi connectivity index (χ4v) is 4.19. The predicted octanol–water partition coefficient (Wildman–Crippen LogP) is 2.49. The highest BCUT2D eigenvalue weighted by molar-refractivity contribution is 5.74. The molecule has 2 bridgehead atoms. The van der Waals surface area contributed by atoms with Gasteiger partial charge < -0.3 is 20.2 Å². The van der Waals surface area contributed by atoms with Gasteiger partial charge >= 0.3 is 12.1 Å². The summed E-state index contributed by atoms with van der Waals surface area (Å²) < 4.78 is 0. The molecule has 0 radical (unpaired) electrons. The minimum Gasteiger partial charge on any atom is -0.463 e. The Kier molecular flexibility index (Phi) is 6.67. The number of urea groups is 1. The molecule has 30 heavy (non-hydrogen) atoms. The van der Waals surface area contributed by atoms with Gasteiger partial charge in [0.1, 0.15) is 0 Å². The monoisotopic (exact) mass is 415 g/mol. The smallest absolute Gasteiger partial charge is 0.441 e. The Balaban J connectivity index is 1.62. The number of nitrogens with one attached hydrogen (secondary N) is 1. The summed E-state index contributed by atoms with van der Waals surface area (Å²) in [5.74, 6) is 0.362. The number of carbonyl (C=O) groups is 2. The van der Waals surface area contributed by atoms with Gasteiger partial charge in [-0.1, -0.05) is 0 Å². The number of likely N-dealkylation sites (tertiary alicyclic amines) is 1. The van der Waals surface area contributed by atoms with E-state index in [0.717, 1.165) is 17.9 Å². The number of carbonyl (C=O) groups excluding carboxylic acids is 1. The van der Waals surface area contributed by atoms with Crippen LogP contribution in [0, 0.1) is 11.3 Å². The summed E-state index contributed by atoms with van der Waals surface area (Å²) in [6.07, 6.45) is 0.813. The third-order valence-electron chi connectivity index (χ3n) is 5.58. The van der Waals surface area contributed by atoms with Crippen LogP contribution in [-0.4, -0.2) is 75.9 Å². The lowest BCUT2D eigenvalue weighted by Gasteiger charge is -2.42. The van der Waals surface area contributed by atoms with E-state index < -0.39 is 12.1 Å². The lowest BCUT2D eigenvalue weighted by atomic mass is 10.1. The average Bonchev–Trinajstić information content (AvgIpc) is 2.92. The number of fused-ring (bicyclic) bond motifs is 2. The summed E-state index contributed by atoms with van der Waals surface area (Å²) in [5.41, 5.74) is 0.480. The van der Waals surface area contributed by atoms with Crippen molar-refractivity contribution in [3.8, 4) is 11.8 Å². The van der Waals surface area contributed by atoms with Crippen molar-refractivity contribution >= 4 is 12.1 Å². The van der Waals surface area contributed by atoms with E-state index in [1.165, 1.54) is 0 Å². The standard InChI is InChI=1S/C21H29N5O4/c1-14(2)23-20(27)24-12-17-6-7-18(13-24)25(17)11-15(3)26(21(28)29)30-19-8-4-16(10-22)5-9-19/h4-5,8-9,14-15,17-18H,6-7,11-13H2,1-3H3,(H,23,27)(H,28,29). The molecule has 2 heterocycles.